The van der Waals surface area contributed by atoms with E-state index in [1.807, 2.05) is 6.92 Å². The van der Waals surface area contributed by atoms with Crippen molar-refractivity contribution in [3.05, 3.63) is 5.82 Å². The van der Waals surface area contributed by atoms with E-state index < -0.39 is 0 Å². The highest BCUT2D eigenvalue weighted by Gasteiger charge is 2.36. The molecule has 0 spiro atoms. The molecule has 3 N–H and O–H groups in total. The van der Waals surface area contributed by atoms with Crippen LogP contribution in [-0.2, 0) is 4.74 Å². The van der Waals surface area contributed by atoms with E-state index in [1.165, 1.54) is 0 Å². The molecule has 2 aromatic rings. The average molecular weight is 250 g/mol. The van der Waals surface area contributed by atoms with Crippen LogP contribution < -0.4 is 5.73 Å². The molecular formula is C10H14N6O2. The molecule has 96 valence electrons. The molecule has 0 radical (unpaired) electrons. The SMILES string of the molecule is CCOC(c1noc(-c2nc(N)n[nH]2)n1)C1CC1. The van der Waals surface area contributed by atoms with Gasteiger partial charge >= 0.3 is 0 Å². The molecule has 1 aliphatic rings. The molecular weight excluding hydrogens is 236 g/mol. The second-order valence-corrected chi connectivity index (χ2v) is 4.21. The summed E-state index contributed by atoms with van der Waals surface area (Å²) in [5.41, 5.74) is 5.42. The van der Waals surface area contributed by atoms with Crippen LogP contribution in [0.5, 0.6) is 0 Å². The van der Waals surface area contributed by atoms with Gasteiger partial charge in [0.25, 0.3) is 5.89 Å². The molecule has 0 saturated heterocycles. The number of anilines is 1. The van der Waals surface area contributed by atoms with Crippen LogP contribution in [0.2, 0.25) is 0 Å². The van der Waals surface area contributed by atoms with Gasteiger partial charge in [-0.25, -0.2) is 0 Å². The van der Waals surface area contributed by atoms with E-state index in [0.29, 0.717) is 24.2 Å². The maximum atomic E-state index is 5.65. The number of nitrogens with one attached hydrogen (secondary N) is 1. The van der Waals surface area contributed by atoms with Crippen LogP contribution in [0.25, 0.3) is 11.7 Å². The molecule has 8 nitrogen and oxygen atoms in total. The molecule has 0 aliphatic heterocycles. The van der Waals surface area contributed by atoms with Crippen molar-refractivity contribution in [1.29, 1.82) is 0 Å². The minimum absolute atomic E-state index is 0.0900. The summed E-state index contributed by atoms with van der Waals surface area (Å²) in [6.45, 7) is 2.58. The maximum absolute atomic E-state index is 5.65. The quantitative estimate of drug-likeness (QED) is 0.810. The van der Waals surface area contributed by atoms with Gasteiger partial charge in [-0.2, -0.15) is 9.97 Å². The predicted molar refractivity (Wildman–Crippen MR) is 61.2 cm³/mol. The van der Waals surface area contributed by atoms with Crippen LogP contribution in [0.3, 0.4) is 0 Å². The van der Waals surface area contributed by atoms with E-state index in [2.05, 4.69) is 25.3 Å². The normalized spacial score (nSPS) is 16.9. The number of nitrogen functional groups attached to an aromatic ring is 1. The Morgan fingerprint density at radius 2 is 2.33 bits per heavy atom. The molecule has 2 aromatic heterocycles. The summed E-state index contributed by atoms with van der Waals surface area (Å²) in [5.74, 6) is 1.85. The third-order valence-electron chi connectivity index (χ3n) is 2.80. The van der Waals surface area contributed by atoms with Gasteiger partial charge in [0.05, 0.1) is 0 Å². The van der Waals surface area contributed by atoms with Gasteiger partial charge < -0.3 is 15.0 Å². The third-order valence-corrected chi connectivity index (χ3v) is 2.80. The first kappa shape index (κ1) is 11.1. The first-order valence-corrected chi connectivity index (χ1v) is 5.91. The Bertz CT molecular complexity index is 532. The average Bonchev–Trinajstić information content (AvgIpc) is 2.91. The largest absolute Gasteiger partial charge is 0.370 e. The maximum Gasteiger partial charge on any atom is 0.295 e. The lowest BCUT2D eigenvalue weighted by atomic mass is 10.2. The number of ether oxygens (including phenoxy) is 1. The minimum Gasteiger partial charge on any atom is -0.370 e. The second kappa shape index (κ2) is 4.37. The van der Waals surface area contributed by atoms with Crippen molar-refractivity contribution in [2.75, 3.05) is 12.3 Å². The van der Waals surface area contributed by atoms with Crippen molar-refractivity contribution in [2.24, 2.45) is 5.92 Å². The zero-order valence-corrected chi connectivity index (χ0v) is 9.96. The van der Waals surface area contributed by atoms with Crippen LogP contribution in [0.1, 0.15) is 31.7 Å². The summed E-state index contributed by atoms with van der Waals surface area (Å²) >= 11 is 0. The monoisotopic (exact) mass is 250 g/mol. The second-order valence-electron chi connectivity index (χ2n) is 4.21. The molecule has 1 aliphatic carbocycles. The molecule has 1 atom stereocenters. The highest BCUT2D eigenvalue weighted by Crippen LogP contribution is 2.42. The summed E-state index contributed by atoms with van der Waals surface area (Å²) in [6.07, 6.45) is 2.20. The number of hydrogen-bond donors (Lipinski definition) is 2. The molecule has 3 rings (SSSR count). The van der Waals surface area contributed by atoms with E-state index in [-0.39, 0.29) is 17.9 Å². The number of aromatic nitrogens is 5. The number of rotatable bonds is 5. The zero-order chi connectivity index (χ0) is 12.5. The first-order chi connectivity index (χ1) is 8.78. The molecule has 1 unspecified atom stereocenters. The molecule has 1 saturated carbocycles. The Morgan fingerprint density at radius 3 is 2.94 bits per heavy atom. The fourth-order valence-electron chi connectivity index (χ4n) is 1.82. The van der Waals surface area contributed by atoms with Gasteiger partial charge in [-0.15, -0.1) is 5.10 Å². The van der Waals surface area contributed by atoms with Crippen molar-refractivity contribution in [2.45, 2.75) is 25.9 Å². The van der Waals surface area contributed by atoms with Crippen LogP contribution in [0.4, 0.5) is 5.95 Å². The molecule has 0 aromatic carbocycles. The Balaban J connectivity index is 1.83. The van der Waals surface area contributed by atoms with Crippen LogP contribution in [-0.4, -0.2) is 31.9 Å². The Morgan fingerprint density at radius 1 is 1.50 bits per heavy atom. The van der Waals surface area contributed by atoms with E-state index in [0.717, 1.165) is 12.8 Å². The molecule has 0 amide bonds. The van der Waals surface area contributed by atoms with E-state index in [4.69, 9.17) is 15.0 Å². The van der Waals surface area contributed by atoms with Gasteiger partial charge in [-0.1, -0.05) is 5.16 Å². The lowest BCUT2D eigenvalue weighted by molar-refractivity contribution is 0.0385. The predicted octanol–water partition coefficient (Wildman–Crippen LogP) is 0.924. The summed E-state index contributed by atoms with van der Waals surface area (Å²) in [6, 6.07) is 0. The first-order valence-electron chi connectivity index (χ1n) is 5.91. The number of nitrogens with two attached hydrogens (primary N) is 1. The van der Waals surface area contributed by atoms with Crippen LogP contribution in [0, 0.1) is 5.92 Å². The molecule has 8 heteroatoms. The van der Waals surface area contributed by atoms with E-state index in [1.54, 1.807) is 0 Å². The summed E-state index contributed by atoms with van der Waals surface area (Å²) in [4.78, 5) is 8.22. The van der Waals surface area contributed by atoms with Gasteiger partial charge in [-0.3, -0.25) is 5.10 Å². The minimum atomic E-state index is -0.0900. The highest BCUT2D eigenvalue weighted by atomic mass is 16.5. The Kier molecular flexibility index (Phi) is 2.71. The van der Waals surface area contributed by atoms with E-state index in [9.17, 15) is 0 Å². The van der Waals surface area contributed by atoms with Gasteiger partial charge in [-0.05, 0) is 25.7 Å². The zero-order valence-electron chi connectivity index (χ0n) is 9.96. The number of aromatic amines is 1. The number of hydrogen-bond acceptors (Lipinski definition) is 7. The van der Waals surface area contributed by atoms with Gasteiger partial charge in [0.15, 0.2) is 0 Å². The Hall–Kier alpha value is -1.96. The van der Waals surface area contributed by atoms with Gasteiger partial charge in [0.2, 0.25) is 17.6 Å². The summed E-state index contributed by atoms with van der Waals surface area (Å²) < 4.78 is 10.8. The topological polar surface area (TPSA) is 116 Å². The number of H-pyrrole nitrogens is 1. The molecule has 1 fully saturated rings. The summed E-state index contributed by atoms with van der Waals surface area (Å²) in [5, 5.41) is 10.3. The fourth-order valence-corrected chi connectivity index (χ4v) is 1.82. The van der Waals surface area contributed by atoms with Crippen molar-refractivity contribution in [3.8, 4) is 11.7 Å². The highest BCUT2D eigenvalue weighted by molar-refractivity contribution is 5.41. The third kappa shape index (κ3) is 2.06. The summed E-state index contributed by atoms with van der Waals surface area (Å²) in [7, 11) is 0. The Labute approximate surface area is 103 Å². The molecule has 0 bridgehead atoms. The lowest BCUT2D eigenvalue weighted by Gasteiger charge is -2.10. The number of nitrogens with zero attached hydrogens (tertiary/aromatic N) is 4. The standard InChI is InChI=1S/C10H14N6O2/c1-2-17-6(5-3-4-5)7-12-9(18-16-7)8-13-10(11)15-14-8/h5-6H,2-4H2,1H3,(H3,11,13,14,15). The van der Waals surface area contributed by atoms with Crippen molar-refractivity contribution in [1.82, 2.24) is 25.3 Å². The van der Waals surface area contributed by atoms with E-state index >= 15 is 0 Å². The lowest BCUT2D eigenvalue weighted by Crippen LogP contribution is -2.08. The fraction of sp³-hybridized carbons (Fsp3) is 0.600. The van der Waals surface area contributed by atoms with Crippen molar-refractivity contribution < 1.29 is 9.26 Å². The van der Waals surface area contributed by atoms with Crippen LogP contribution >= 0.6 is 0 Å². The smallest absolute Gasteiger partial charge is 0.295 e. The molecule has 2 heterocycles. The van der Waals surface area contributed by atoms with Crippen LogP contribution in [0.15, 0.2) is 4.52 Å². The van der Waals surface area contributed by atoms with Crippen molar-refractivity contribution in [3.63, 3.8) is 0 Å². The van der Waals surface area contributed by atoms with Gasteiger partial charge in [0.1, 0.15) is 6.10 Å². The van der Waals surface area contributed by atoms with Gasteiger partial charge in [0, 0.05) is 6.61 Å². The van der Waals surface area contributed by atoms with Crippen molar-refractivity contribution >= 4 is 5.95 Å². The molecule has 18 heavy (non-hydrogen) atoms.